The van der Waals surface area contributed by atoms with Gasteiger partial charge in [0.15, 0.2) is 5.82 Å². The predicted molar refractivity (Wildman–Crippen MR) is 90.4 cm³/mol. The third kappa shape index (κ3) is 3.11. The second kappa shape index (κ2) is 6.68. The number of piperazine rings is 1. The van der Waals surface area contributed by atoms with Gasteiger partial charge in [0.25, 0.3) is 5.56 Å². The van der Waals surface area contributed by atoms with Crippen molar-refractivity contribution >= 4 is 29.4 Å². The molecule has 6 nitrogen and oxygen atoms in total. The van der Waals surface area contributed by atoms with Crippen LogP contribution in [0.4, 0.5) is 5.82 Å². The average Bonchev–Trinajstić information content (AvgIpc) is 2.58. The molecule has 1 aliphatic rings. The number of anilines is 1. The summed E-state index contributed by atoms with van der Waals surface area (Å²) in [5, 5.41) is 0.149. The largest absolute Gasteiger partial charge is 0.352 e. The highest BCUT2D eigenvalue weighted by Gasteiger charge is 2.21. The molecule has 0 aliphatic carbocycles. The van der Waals surface area contributed by atoms with E-state index in [9.17, 15) is 4.79 Å². The zero-order chi connectivity index (χ0) is 15.5. The molecule has 1 fully saturated rings. The van der Waals surface area contributed by atoms with Crippen molar-refractivity contribution < 1.29 is 0 Å². The molecule has 0 saturated carbocycles. The van der Waals surface area contributed by atoms with E-state index in [1.54, 1.807) is 24.3 Å². The molecule has 1 N–H and O–H groups in total. The van der Waals surface area contributed by atoms with E-state index in [-0.39, 0.29) is 10.6 Å². The maximum Gasteiger partial charge on any atom is 0.272 e. The first kappa shape index (κ1) is 15.3. The highest BCUT2D eigenvalue weighted by atomic mass is 35.5. The summed E-state index contributed by atoms with van der Waals surface area (Å²) < 4.78 is 2.28. The smallest absolute Gasteiger partial charge is 0.272 e. The highest BCUT2D eigenvalue weighted by Crippen LogP contribution is 2.24. The van der Waals surface area contributed by atoms with E-state index in [0.717, 1.165) is 31.7 Å². The van der Waals surface area contributed by atoms with Crippen LogP contribution in [0.15, 0.2) is 29.3 Å². The molecule has 8 heteroatoms. The summed E-state index contributed by atoms with van der Waals surface area (Å²) >= 11 is 7.91. The number of rotatable bonds is 3. The number of hydrogen-bond acceptors (Lipinski definition) is 6. The minimum atomic E-state index is -0.314. The van der Waals surface area contributed by atoms with Crippen molar-refractivity contribution in [1.29, 1.82) is 0 Å². The van der Waals surface area contributed by atoms with Crippen molar-refractivity contribution in [2.24, 2.45) is 0 Å². The predicted octanol–water partition coefficient (Wildman–Crippen LogP) is 1.89. The topological polar surface area (TPSA) is 65.1 Å². The Kier molecular flexibility index (Phi) is 4.66. The van der Waals surface area contributed by atoms with Crippen molar-refractivity contribution in [2.75, 3.05) is 37.3 Å². The lowest BCUT2D eigenvalue weighted by atomic mass is 10.2. The van der Waals surface area contributed by atoms with Gasteiger partial charge in [-0.25, -0.2) is 9.29 Å². The van der Waals surface area contributed by atoms with Gasteiger partial charge in [-0.05, 0) is 18.4 Å². The minimum Gasteiger partial charge on any atom is -0.352 e. The molecule has 1 aliphatic heterocycles. The lowest BCUT2D eigenvalue weighted by Gasteiger charge is -2.34. The molecular weight excluding hydrogens is 322 g/mol. The summed E-state index contributed by atoms with van der Waals surface area (Å²) in [6.45, 7) is 3.42. The summed E-state index contributed by atoms with van der Waals surface area (Å²) in [5.74, 6) is 1.07. The van der Waals surface area contributed by atoms with Gasteiger partial charge in [-0.15, -0.1) is 0 Å². The number of aromatic amines is 1. The molecule has 0 aromatic carbocycles. The Morgan fingerprint density at radius 2 is 1.91 bits per heavy atom. The molecule has 0 amide bonds. The average molecular weight is 338 g/mol. The van der Waals surface area contributed by atoms with Crippen LogP contribution in [0.25, 0.3) is 11.4 Å². The number of hydrogen-bond donors (Lipinski definition) is 1. The van der Waals surface area contributed by atoms with Crippen LogP contribution in [0, 0.1) is 0 Å². The van der Waals surface area contributed by atoms with Gasteiger partial charge < -0.3 is 9.88 Å². The third-order valence-electron chi connectivity index (χ3n) is 3.60. The first-order valence-corrected chi connectivity index (χ1v) is 8.49. The molecular formula is C14H16ClN5OS. The van der Waals surface area contributed by atoms with Crippen LogP contribution < -0.4 is 10.5 Å². The molecule has 116 valence electrons. The van der Waals surface area contributed by atoms with E-state index in [0.29, 0.717) is 11.6 Å². The molecule has 3 rings (SSSR count). The fourth-order valence-electron chi connectivity index (χ4n) is 2.39. The van der Waals surface area contributed by atoms with Gasteiger partial charge in [-0.2, -0.15) is 0 Å². The third-order valence-corrected chi connectivity index (χ3v) is 4.82. The van der Waals surface area contributed by atoms with Crippen LogP contribution in [-0.2, 0) is 0 Å². The Morgan fingerprint density at radius 1 is 1.23 bits per heavy atom. The Morgan fingerprint density at radius 3 is 2.55 bits per heavy atom. The van der Waals surface area contributed by atoms with Crippen LogP contribution in [0.3, 0.4) is 0 Å². The van der Waals surface area contributed by atoms with Crippen LogP contribution in [0.5, 0.6) is 0 Å². The van der Waals surface area contributed by atoms with Gasteiger partial charge in [-0.1, -0.05) is 23.5 Å². The van der Waals surface area contributed by atoms with E-state index in [1.165, 1.54) is 0 Å². The van der Waals surface area contributed by atoms with E-state index in [1.807, 2.05) is 12.1 Å². The Hall–Kier alpha value is -1.57. The molecule has 0 bridgehead atoms. The molecule has 2 aromatic rings. The molecule has 1 saturated heterocycles. The fraction of sp³-hybridized carbons (Fsp3) is 0.357. The number of H-pyrrole nitrogens is 1. The Balaban J connectivity index is 1.94. The first-order chi connectivity index (χ1) is 10.7. The Bertz CT molecular complexity index is 700. The second-order valence-electron chi connectivity index (χ2n) is 4.89. The van der Waals surface area contributed by atoms with Crippen molar-refractivity contribution in [3.05, 3.63) is 39.9 Å². The molecule has 3 heterocycles. The fourth-order valence-corrected chi connectivity index (χ4v) is 3.12. The highest BCUT2D eigenvalue weighted by molar-refractivity contribution is 7.96. The SMILES string of the molecule is CSN1CCN(c2nc(-c3ccncc3)[nH]c(=O)c2Cl)CC1. The summed E-state index contributed by atoms with van der Waals surface area (Å²) in [4.78, 5) is 25.4. The summed E-state index contributed by atoms with van der Waals surface area (Å²) in [6.07, 6.45) is 5.40. The zero-order valence-corrected chi connectivity index (χ0v) is 13.7. The molecule has 0 atom stereocenters. The maximum absolute atomic E-state index is 12.1. The second-order valence-corrected chi connectivity index (χ2v) is 6.15. The lowest BCUT2D eigenvalue weighted by molar-refractivity contribution is 0.429. The van der Waals surface area contributed by atoms with Crippen molar-refractivity contribution in [2.45, 2.75) is 0 Å². The van der Waals surface area contributed by atoms with Crippen molar-refractivity contribution in [1.82, 2.24) is 19.3 Å². The number of nitrogens with zero attached hydrogens (tertiary/aromatic N) is 4. The normalized spacial score (nSPS) is 16.0. The van der Waals surface area contributed by atoms with E-state index in [2.05, 4.69) is 30.4 Å². The summed E-state index contributed by atoms with van der Waals surface area (Å²) in [5.41, 5.74) is 0.499. The van der Waals surface area contributed by atoms with Crippen molar-refractivity contribution in [3.8, 4) is 11.4 Å². The monoisotopic (exact) mass is 337 g/mol. The quantitative estimate of drug-likeness (QED) is 0.863. The van der Waals surface area contributed by atoms with Gasteiger partial charge >= 0.3 is 0 Å². The zero-order valence-electron chi connectivity index (χ0n) is 12.1. The molecule has 0 spiro atoms. The van der Waals surface area contributed by atoms with Crippen LogP contribution in [0.2, 0.25) is 5.02 Å². The maximum atomic E-state index is 12.1. The molecule has 0 radical (unpaired) electrons. The van der Waals surface area contributed by atoms with Gasteiger partial charge in [0.2, 0.25) is 0 Å². The number of aromatic nitrogens is 3. The summed E-state index contributed by atoms with van der Waals surface area (Å²) in [6, 6.07) is 3.61. The van der Waals surface area contributed by atoms with Crippen LogP contribution in [-0.4, -0.2) is 51.7 Å². The molecule has 0 unspecified atom stereocenters. The number of pyridine rings is 1. The van der Waals surface area contributed by atoms with Gasteiger partial charge in [0.05, 0.1) is 0 Å². The Labute approximate surface area is 137 Å². The van der Waals surface area contributed by atoms with Crippen molar-refractivity contribution in [3.63, 3.8) is 0 Å². The first-order valence-electron chi connectivity index (χ1n) is 6.93. The molecule has 22 heavy (non-hydrogen) atoms. The minimum absolute atomic E-state index is 0.149. The van der Waals surface area contributed by atoms with Crippen LogP contribution in [0.1, 0.15) is 0 Å². The number of halogens is 1. The standard InChI is InChI=1S/C14H16ClN5OS/c1-22-20-8-6-19(7-9-20)13-11(15)14(21)18-12(17-13)10-2-4-16-5-3-10/h2-5H,6-9H2,1H3,(H,17,18,21). The molecule has 2 aromatic heterocycles. The van der Waals surface area contributed by atoms with E-state index in [4.69, 9.17) is 11.6 Å². The van der Waals surface area contributed by atoms with Gasteiger partial charge in [-0.3, -0.25) is 9.78 Å². The van der Waals surface area contributed by atoms with E-state index >= 15 is 0 Å². The lowest BCUT2D eigenvalue weighted by Crippen LogP contribution is -2.44. The number of nitrogens with one attached hydrogen (secondary N) is 1. The van der Waals surface area contributed by atoms with Gasteiger partial charge in [0, 0.05) is 44.1 Å². The summed E-state index contributed by atoms with van der Waals surface area (Å²) in [7, 11) is 0. The van der Waals surface area contributed by atoms with Crippen LogP contribution >= 0.6 is 23.5 Å². The van der Waals surface area contributed by atoms with Gasteiger partial charge in [0.1, 0.15) is 10.8 Å². The van der Waals surface area contributed by atoms with E-state index < -0.39 is 0 Å².